The van der Waals surface area contributed by atoms with Gasteiger partial charge in [0.2, 0.25) is 0 Å². The predicted octanol–water partition coefficient (Wildman–Crippen LogP) is 0.840. The number of hydrogen-bond acceptors (Lipinski definition) is 8. The first-order valence-electron chi connectivity index (χ1n) is 5.52. The zero-order valence-electron chi connectivity index (χ0n) is 11.2. The summed E-state index contributed by atoms with van der Waals surface area (Å²) in [5, 5.41) is 31.8. The largest absolute Gasteiger partial charge is 0.700 e. The second-order valence-electron chi connectivity index (χ2n) is 5.27. The van der Waals surface area contributed by atoms with Crippen molar-refractivity contribution in [3.8, 4) is 0 Å². The fraction of sp³-hybridized carbons (Fsp3) is 0.889. The van der Waals surface area contributed by atoms with Gasteiger partial charge in [0.25, 0.3) is 0 Å². The van der Waals surface area contributed by atoms with E-state index >= 15 is 0 Å². The number of nitro groups is 3. The summed E-state index contributed by atoms with van der Waals surface area (Å²) < 4.78 is 4.73. The molecule has 0 aliphatic carbocycles. The van der Waals surface area contributed by atoms with E-state index < -0.39 is 39.4 Å². The Morgan fingerprint density at radius 2 is 1.40 bits per heavy atom. The van der Waals surface area contributed by atoms with E-state index in [9.17, 15) is 35.1 Å². The molecular weight excluding hydrogens is 278 g/mol. The van der Waals surface area contributed by atoms with E-state index in [2.05, 4.69) is 0 Å². The monoisotopic (exact) mass is 293 g/mol. The molecule has 0 fully saturated rings. The number of ether oxygens (including phenoxy) is 1. The summed E-state index contributed by atoms with van der Waals surface area (Å²) in [6, 6.07) is 0. The molecule has 0 heterocycles. The van der Waals surface area contributed by atoms with Gasteiger partial charge < -0.3 is 4.74 Å². The molecule has 0 aliphatic rings. The van der Waals surface area contributed by atoms with Crippen LogP contribution < -0.4 is 0 Å². The second kappa shape index (κ2) is 6.21. The molecule has 0 atom stereocenters. The summed E-state index contributed by atoms with van der Waals surface area (Å²) in [6.45, 7) is 5.27. The molecule has 0 unspecified atom stereocenters. The molecule has 0 saturated heterocycles. The first-order valence-corrected chi connectivity index (χ1v) is 5.52. The maximum absolute atomic E-state index is 11.3. The van der Waals surface area contributed by atoms with E-state index in [4.69, 9.17) is 4.74 Å². The van der Waals surface area contributed by atoms with Gasteiger partial charge in [-0.15, -0.1) is 0 Å². The number of esters is 1. The number of carbonyl (C=O) groups is 1. The minimum absolute atomic E-state index is 0.00573. The van der Waals surface area contributed by atoms with Crippen LogP contribution in [0.2, 0.25) is 0 Å². The summed E-state index contributed by atoms with van der Waals surface area (Å²) in [5.74, 6) is -4.59. The highest BCUT2D eigenvalue weighted by Gasteiger charge is 2.69. The number of carbonyl (C=O) groups excluding carboxylic acids is 1. The normalized spacial score (nSPS) is 11.8. The molecule has 11 nitrogen and oxygen atoms in total. The van der Waals surface area contributed by atoms with E-state index in [1.54, 1.807) is 20.8 Å². The van der Waals surface area contributed by atoms with Gasteiger partial charge in [0.15, 0.2) is 21.2 Å². The Bertz CT molecular complexity index is 391. The number of hydrogen-bond donors (Lipinski definition) is 0. The lowest BCUT2D eigenvalue weighted by atomic mass is 9.99. The van der Waals surface area contributed by atoms with Gasteiger partial charge in [-0.1, -0.05) is 20.8 Å². The molecule has 0 aliphatic heterocycles. The summed E-state index contributed by atoms with van der Waals surface area (Å²) >= 11 is 0. The predicted molar refractivity (Wildman–Crippen MR) is 63.4 cm³/mol. The van der Waals surface area contributed by atoms with Crippen LogP contribution in [0.15, 0.2) is 0 Å². The summed E-state index contributed by atoms with van der Waals surface area (Å²) in [5.41, 5.74) is -0.359. The SMILES string of the molecule is CC(C)(C)COC(=O)CCC([N+](=O)[O-])([N+](=O)[O-])[N+](=O)[O-]. The van der Waals surface area contributed by atoms with Crippen molar-refractivity contribution in [3.63, 3.8) is 0 Å². The van der Waals surface area contributed by atoms with Crippen molar-refractivity contribution in [2.24, 2.45) is 5.41 Å². The Labute approximate surface area is 113 Å². The van der Waals surface area contributed by atoms with Crippen LogP contribution in [-0.2, 0) is 9.53 Å². The van der Waals surface area contributed by atoms with Crippen molar-refractivity contribution in [1.29, 1.82) is 0 Å². The van der Waals surface area contributed by atoms with Crippen LogP contribution in [0.1, 0.15) is 33.6 Å². The fourth-order valence-corrected chi connectivity index (χ4v) is 1.11. The molecule has 0 aromatic carbocycles. The zero-order chi connectivity index (χ0) is 16.1. The molecule has 0 spiro atoms. The first kappa shape index (κ1) is 17.7. The maximum atomic E-state index is 11.3. The number of rotatable bonds is 7. The molecule has 0 saturated carbocycles. The lowest BCUT2D eigenvalue weighted by Gasteiger charge is -2.17. The lowest BCUT2D eigenvalue weighted by molar-refractivity contribution is -0.970. The van der Waals surface area contributed by atoms with E-state index in [0.29, 0.717) is 0 Å². The highest BCUT2D eigenvalue weighted by Crippen LogP contribution is 2.20. The Morgan fingerprint density at radius 1 is 1.00 bits per heavy atom. The molecule has 20 heavy (non-hydrogen) atoms. The summed E-state index contributed by atoms with van der Waals surface area (Å²) in [7, 11) is 0. The lowest BCUT2D eigenvalue weighted by Crippen LogP contribution is -2.53. The van der Waals surface area contributed by atoms with Crippen molar-refractivity contribution in [2.75, 3.05) is 6.61 Å². The van der Waals surface area contributed by atoms with Crippen molar-refractivity contribution >= 4 is 5.97 Å². The average Bonchev–Trinajstić information content (AvgIpc) is 2.24. The Balaban J connectivity index is 4.80. The average molecular weight is 293 g/mol. The molecule has 0 aromatic heterocycles. The molecule has 0 rings (SSSR count). The summed E-state index contributed by atoms with van der Waals surface area (Å²) in [4.78, 5) is 38.3. The van der Waals surface area contributed by atoms with Crippen LogP contribution in [0.4, 0.5) is 0 Å². The molecule has 114 valence electrons. The highest BCUT2D eigenvalue weighted by molar-refractivity contribution is 5.69. The molecule has 0 N–H and O–H groups in total. The third kappa shape index (κ3) is 4.40. The standard InChI is InChI=1S/C9H15N3O8/c1-8(2,3)6-20-7(13)4-5-9(10(14)15,11(16)17)12(18)19/h4-6H2,1-3H3. The van der Waals surface area contributed by atoms with E-state index in [1.807, 2.05) is 0 Å². The molecular formula is C9H15N3O8. The zero-order valence-corrected chi connectivity index (χ0v) is 11.2. The third-order valence-electron chi connectivity index (χ3n) is 2.21. The quantitative estimate of drug-likeness (QED) is 0.289. The molecule has 11 heteroatoms. The molecule has 0 bridgehead atoms. The minimum Gasteiger partial charge on any atom is -0.465 e. The van der Waals surface area contributed by atoms with E-state index in [0.717, 1.165) is 0 Å². The van der Waals surface area contributed by atoms with Gasteiger partial charge in [-0.3, -0.25) is 35.1 Å². The Morgan fingerprint density at radius 3 is 1.70 bits per heavy atom. The smallest absolute Gasteiger partial charge is 0.465 e. The van der Waals surface area contributed by atoms with Crippen LogP contribution in [0, 0.1) is 35.8 Å². The fourth-order valence-electron chi connectivity index (χ4n) is 1.11. The Hall–Kier alpha value is -2.33. The highest BCUT2D eigenvalue weighted by atomic mass is 16.7. The van der Waals surface area contributed by atoms with Crippen LogP contribution in [0.3, 0.4) is 0 Å². The van der Waals surface area contributed by atoms with Gasteiger partial charge in [0.05, 0.1) is 13.0 Å². The first-order chi connectivity index (χ1) is 8.93. The van der Waals surface area contributed by atoms with E-state index in [1.165, 1.54) is 0 Å². The van der Waals surface area contributed by atoms with E-state index in [-0.39, 0.29) is 12.0 Å². The Kier molecular flexibility index (Phi) is 5.49. The van der Waals surface area contributed by atoms with Crippen LogP contribution in [0.5, 0.6) is 0 Å². The van der Waals surface area contributed by atoms with Gasteiger partial charge in [-0.25, -0.2) is 0 Å². The van der Waals surface area contributed by atoms with Crippen molar-refractivity contribution in [2.45, 2.75) is 39.4 Å². The molecule has 0 amide bonds. The van der Waals surface area contributed by atoms with Crippen molar-refractivity contribution < 1.29 is 24.3 Å². The van der Waals surface area contributed by atoms with Gasteiger partial charge in [-0.2, -0.15) is 0 Å². The third-order valence-corrected chi connectivity index (χ3v) is 2.21. The van der Waals surface area contributed by atoms with Gasteiger partial charge in [0, 0.05) is 0 Å². The van der Waals surface area contributed by atoms with Gasteiger partial charge in [-0.05, 0) is 5.41 Å². The van der Waals surface area contributed by atoms with Crippen LogP contribution >= 0.6 is 0 Å². The topological polar surface area (TPSA) is 156 Å². The molecule has 0 radical (unpaired) electrons. The second-order valence-corrected chi connectivity index (χ2v) is 5.27. The van der Waals surface area contributed by atoms with Crippen LogP contribution in [0.25, 0.3) is 0 Å². The van der Waals surface area contributed by atoms with Crippen LogP contribution in [-0.4, -0.2) is 33.1 Å². The van der Waals surface area contributed by atoms with Crippen molar-refractivity contribution in [1.82, 2.24) is 0 Å². The minimum atomic E-state index is -3.62. The maximum Gasteiger partial charge on any atom is 0.700 e. The number of nitrogens with zero attached hydrogens (tertiary/aromatic N) is 3. The van der Waals surface area contributed by atoms with Gasteiger partial charge in [0.1, 0.15) is 0 Å². The molecule has 0 aromatic rings. The summed E-state index contributed by atoms with van der Waals surface area (Å²) in [6.07, 6.45) is -1.97. The van der Waals surface area contributed by atoms with Gasteiger partial charge >= 0.3 is 11.8 Å². The van der Waals surface area contributed by atoms with Crippen molar-refractivity contribution in [3.05, 3.63) is 30.3 Å².